The monoisotopic (exact) mass is 611 g/mol. The molecule has 0 radical (unpaired) electrons. The van der Waals surface area contributed by atoms with E-state index in [2.05, 4.69) is 25.9 Å². The summed E-state index contributed by atoms with van der Waals surface area (Å²) >= 11 is 0. The maximum absolute atomic E-state index is 13.6. The molecule has 3 amide bonds. The summed E-state index contributed by atoms with van der Waals surface area (Å²) in [6, 6.07) is 10.3. The first-order chi connectivity index (χ1) is 20.9. The van der Waals surface area contributed by atoms with Crippen LogP contribution in [0.1, 0.15) is 37.3 Å². The van der Waals surface area contributed by atoms with Crippen LogP contribution in [0.5, 0.6) is 5.75 Å². The summed E-state index contributed by atoms with van der Waals surface area (Å²) in [5.74, 6) is -3.73. The zero-order valence-electron chi connectivity index (χ0n) is 24.5. The normalized spacial score (nSPS) is 13.3. The number of aromatic hydroxyl groups is 1. The van der Waals surface area contributed by atoms with Gasteiger partial charge in [-0.25, -0.2) is 9.79 Å². The number of phenols is 1. The zero-order valence-corrected chi connectivity index (χ0v) is 24.5. The molecule has 0 aliphatic carbocycles. The molecular weight excluding hydrogens is 570 g/mol. The van der Waals surface area contributed by atoms with Crippen molar-refractivity contribution >= 4 is 35.6 Å². The van der Waals surface area contributed by atoms with Gasteiger partial charge in [-0.15, -0.1) is 0 Å². The highest BCUT2D eigenvalue weighted by Gasteiger charge is 2.30. The first kappa shape index (κ1) is 34.9. The van der Waals surface area contributed by atoms with Crippen molar-refractivity contribution in [1.82, 2.24) is 16.0 Å². The predicted octanol–water partition coefficient (Wildman–Crippen LogP) is -1.18. The number of carbonyl (C=O) groups is 4. The number of nitrogens with two attached hydrogens (primary N) is 4. The molecule has 0 saturated heterocycles. The first-order valence-electron chi connectivity index (χ1n) is 14.0. The van der Waals surface area contributed by atoms with Crippen molar-refractivity contribution in [2.45, 2.75) is 63.2 Å². The van der Waals surface area contributed by atoms with Crippen molar-refractivity contribution in [3.05, 3.63) is 65.7 Å². The highest BCUT2D eigenvalue weighted by atomic mass is 16.4. The number of phenolic OH excluding ortho intramolecular Hbond substituents is 1. The average molecular weight is 612 g/mol. The number of amides is 3. The summed E-state index contributed by atoms with van der Waals surface area (Å²) in [4.78, 5) is 59.7. The van der Waals surface area contributed by atoms with E-state index in [9.17, 15) is 29.4 Å². The van der Waals surface area contributed by atoms with E-state index in [0.29, 0.717) is 11.1 Å². The molecule has 2 aromatic rings. The lowest BCUT2D eigenvalue weighted by Crippen LogP contribution is -2.57. The summed E-state index contributed by atoms with van der Waals surface area (Å²) in [7, 11) is 0. The van der Waals surface area contributed by atoms with Gasteiger partial charge in [0.1, 0.15) is 29.9 Å². The van der Waals surface area contributed by atoms with Crippen LogP contribution in [0.4, 0.5) is 0 Å². The van der Waals surface area contributed by atoms with Crippen LogP contribution < -0.4 is 38.9 Å². The van der Waals surface area contributed by atoms with Gasteiger partial charge in [0.15, 0.2) is 11.9 Å². The van der Waals surface area contributed by atoms with Crippen molar-refractivity contribution in [2.75, 3.05) is 6.54 Å². The smallest absolute Gasteiger partial charge is 0.326 e. The van der Waals surface area contributed by atoms with Crippen LogP contribution in [0.25, 0.3) is 0 Å². The predicted molar refractivity (Wildman–Crippen MR) is 165 cm³/mol. The lowest BCUT2D eigenvalue weighted by Gasteiger charge is -2.25. The minimum absolute atomic E-state index is 0.0387. The minimum Gasteiger partial charge on any atom is -0.508 e. The molecule has 13 N–H and O–H groups in total. The lowest BCUT2D eigenvalue weighted by atomic mass is 10.0. The Balaban J connectivity index is 2.32. The van der Waals surface area contributed by atoms with Crippen LogP contribution in [-0.2, 0) is 32.0 Å². The summed E-state index contributed by atoms with van der Waals surface area (Å²) in [5.41, 5.74) is 23.3. The number of hydrogen-bond donors (Lipinski definition) is 9. The fraction of sp³-hybridized carbons (Fsp3) is 0.379. The van der Waals surface area contributed by atoms with Crippen molar-refractivity contribution in [3.63, 3.8) is 0 Å². The van der Waals surface area contributed by atoms with Gasteiger partial charge >= 0.3 is 5.97 Å². The third-order valence-electron chi connectivity index (χ3n) is 6.49. The standard InChI is InChI=1S/C29H41N9O6/c1-2-20(27(43)44)35-25(41)22(15-17-7-4-3-5-8-17)37-24(40)21(9-6-14-34-28(30)31)36-26(42)23(38-29(32)33)16-18-10-12-19(39)13-11-18/h3-5,7-8,10-13,20-23,39H,2,6,9,14-16H2,1H3,(H,35,41)(H,36,42)(H,37,40)(H,43,44)(H4,30,31,34)(H4,32,33,38)/t20-,21+,22-,23-/m0/s1. The van der Waals surface area contributed by atoms with Gasteiger partial charge in [0, 0.05) is 19.4 Å². The van der Waals surface area contributed by atoms with E-state index < -0.39 is 47.9 Å². The van der Waals surface area contributed by atoms with E-state index in [4.69, 9.17) is 22.9 Å². The Morgan fingerprint density at radius 1 is 0.750 bits per heavy atom. The zero-order chi connectivity index (χ0) is 32.6. The molecule has 0 heterocycles. The molecule has 4 atom stereocenters. The number of aliphatic imine (C=N–C) groups is 2. The van der Waals surface area contributed by atoms with Gasteiger partial charge in [-0.05, 0) is 42.5 Å². The van der Waals surface area contributed by atoms with Crippen LogP contribution in [0, 0.1) is 0 Å². The number of rotatable bonds is 17. The van der Waals surface area contributed by atoms with E-state index in [1.54, 1.807) is 49.4 Å². The van der Waals surface area contributed by atoms with Gasteiger partial charge in [0.2, 0.25) is 17.7 Å². The first-order valence-corrected chi connectivity index (χ1v) is 14.0. The van der Waals surface area contributed by atoms with Gasteiger partial charge in [-0.2, -0.15) is 0 Å². The lowest BCUT2D eigenvalue weighted by molar-refractivity contribution is -0.142. The SMILES string of the molecule is CC[C@H](NC(=O)[C@H](Cc1ccccc1)NC(=O)[C@@H](CCCN=C(N)N)NC(=O)[C@H](Cc1ccc(O)cc1)N=C(N)N)C(=O)O. The van der Waals surface area contributed by atoms with E-state index in [1.807, 2.05) is 0 Å². The number of nitrogens with one attached hydrogen (secondary N) is 3. The van der Waals surface area contributed by atoms with Crippen LogP contribution >= 0.6 is 0 Å². The number of carboxylic acids is 1. The van der Waals surface area contributed by atoms with Crippen molar-refractivity contribution in [2.24, 2.45) is 32.9 Å². The topological polar surface area (TPSA) is 274 Å². The molecule has 0 saturated carbocycles. The Bertz CT molecular complexity index is 1310. The van der Waals surface area contributed by atoms with Gasteiger partial charge in [0.25, 0.3) is 0 Å². The van der Waals surface area contributed by atoms with Gasteiger partial charge in [-0.1, -0.05) is 49.4 Å². The Morgan fingerprint density at radius 2 is 1.32 bits per heavy atom. The van der Waals surface area contributed by atoms with E-state index in [0.717, 1.165) is 0 Å². The van der Waals surface area contributed by atoms with Gasteiger partial charge in [-0.3, -0.25) is 19.4 Å². The molecule has 15 nitrogen and oxygen atoms in total. The van der Waals surface area contributed by atoms with Crippen molar-refractivity contribution in [1.29, 1.82) is 0 Å². The Morgan fingerprint density at radius 3 is 1.89 bits per heavy atom. The fourth-order valence-corrected chi connectivity index (χ4v) is 4.21. The number of benzene rings is 2. The minimum atomic E-state index is -1.21. The average Bonchev–Trinajstić information content (AvgIpc) is 2.97. The Hall–Kier alpha value is -5.34. The highest BCUT2D eigenvalue weighted by molar-refractivity contribution is 5.95. The van der Waals surface area contributed by atoms with Crippen molar-refractivity contribution in [3.8, 4) is 5.75 Å². The summed E-state index contributed by atoms with van der Waals surface area (Å²) in [5, 5.41) is 26.8. The maximum atomic E-state index is 13.6. The molecule has 0 aromatic heterocycles. The molecule has 238 valence electrons. The number of nitrogens with zero attached hydrogens (tertiary/aromatic N) is 2. The van der Waals surface area contributed by atoms with Crippen LogP contribution in [0.3, 0.4) is 0 Å². The second kappa shape index (κ2) is 17.6. The van der Waals surface area contributed by atoms with Gasteiger partial charge in [0.05, 0.1) is 0 Å². The molecule has 0 aliphatic rings. The molecule has 0 unspecified atom stereocenters. The molecule has 0 fully saturated rings. The van der Waals surface area contributed by atoms with Crippen LogP contribution in [0.2, 0.25) is 0 Å². The van der Waals surface area contributed by atoms with Crippen molar-refractivity contribution < 1.29 is 29.4 Å². The third kappa shape index (κ3) is 12.3. The molecule has 2 aromatic carbocycles. The van der Waals surface area contributed by atoms with Crippen LogP contribution in [0.15, 0.2) is 64.6 Å². The second-order valence-electron chi connectivity index (χ2n) is 10.0. The molecule has 0 aliphatic heterocycles. The summed E-state index contributed by atoms with van der Waals surface area (Å²) < 4.78 is 0. The molecule has 0 spiro atoms. The molecule has 2 rings (SSSR count). The largest absolute Gasteiger partial charge is 0.508 e. The molecule has 0 bridgehead atoms. The summed E-state index contributed by atoms with van der Waals surface area (Å²) in [6.45, 7) is 1.77. The summed E-state index contributed by atoms with van der Waals surface area (Å²) in [6.07, 6.45) is 0.603. The number of aliphatic carboxylic acids is 1. The fourth-order valence-electron chi connectivity index (χ4n) is 4.21. The number of guanidine groups is 2. The number of hydrogen-bond acceptors (Lipinski definition) is 7. The van der Waals surface area contributed by atoms with E-state index >= 15 is 0 Å². The molecule has 44 heavy (non-hydrogen) atoms. The maximum Gasteiger partial charge on any atom is 0.326 e. The Labute approximate surface area is 255 Å². The number of carboxylic acid groups (broad SMARTS) is 1. The highest BCUT2D eigenvalue weighted by Crippen LogP contribution is 2.13. The molecule has 15 heteroatoms. The van der Waals surface area contributed by atoms with Crippen LogP contribution in [-0.4, -0.2) is 76.5 Å². The second-order valence-corrected chi connectivity index (χ2v) is 10.0. The Kier molecular flexibility index (Phi) is 13.9. The van der Waals surface area contributed by atoms with E-state index in [1.165, 1.54) is 12.1 Å². The molecular formula is C29H41N9O6. The van der Waals surface area contributed by atoms with E-state index in [-0.39, 0.29) is 56.3 Å². The quantitative estimate of drug-likeness (QED) is 0.0586. The van der Waals surface area contributed by atoms with Gasteiger partial charge < -0.3 is 49.1 Å². The third-order valence-corrected chi connectivity index (χ3v) is 6.49. The number of carbonyl (C=O) groups excluding carboxylic acids is 3.